The summed E-state index contributed by atoms with van der Waals surface area (Å²) >= 11 is 0. The van der Waals surface area contributed by atoms with Gasteiger partial charge in [-0.15, -0.1) is 0 Å². The number of halogens is 3. The Balaban J connectivity index is 3.16. The van der Waals surface area contributed by atoms with Crippen molar-refractivity contribution >= 4 is 16.0 Å². The van der Waals surface area contributed by atoms with Gasteiger partial charge >= 0.3 is 5.97 Å². The molecule has 0 aromatic heterocycles. The standard InChI is InChI=1S/C11H12F3NO4S/c1-5(11(16)17)6(2)15-20(18,19)10-8(13)3-7(12)4-9(10)14/h3-6,15H,1-2H3,(H,16,17). The number of sulfonamides is 1. The normalized spacial score (nSPS) is 14.8. The topological polar surface area (TPSA) is 83.5 Å². The second-order valence-corrected chi connectivity index (χ2v) is 5.89. The molecule has 1 rings (SSSR count). The maximum atomic E-state index is 13.4. The van der Waals surface area contributed by atoms with Crippen LogP contribution in [-0.2, 0) is 14.8 Å². The molecule has 5 nitrogen and oxygen atoms in total. The minimum atomic E-state index is -4.65. The third kappa shape index (κ3) is 3.48. The number of rotatable bonds is 5. The van der Waals surface area contributed by atoms with E-state index < -0.39 is 50.3 Å². The highest BCUT2D eigenvalue weighted by Gasteiger charge is 2.30. The molecule has 2 N–H and O–H groups in total. The second-order valence-electron chi connectivity index (χ2n) is 4.24. The first-order valence-electron chi connectivity index (χ1n) is 5.46. The molecule has 0 saturated carbocycles. The monoisotopic (exact) mass is 311 g/mol. The van der Waals surface area contributed by atoms with E-state index in [9.17, 15) is 26.4 Å². The van der Waals surface area contributed by atoms with Gasteiger partial charge < -0.3 is 5.11 Å². The summed E-state index contributed by atoms with van der Waals surface area (Å²) in [6, 6.07) is -0.660. The van der Waals surface area contributed by atoms with Gasteiger partial charge in [0.05, 0.1) is 5.92 Å². The van der Waals surface area contributed by atoms with Gasteiger partial charge in [-0.3, -0.25) is 4.79 Å². The zero-order valence-corrected chi connectivity index (χ0v) is 11.3. The summed E-state index contributed by atoms with van der Waals surface area (Å²) in [7, 11) is -4.65. The van der Waals surface area contributed by atoms with E-state index in [1.165, 1.54) is 13.8 Å². The maximum absolute atomic E-state index is 13.4. The van der Waals surface area contributed by atoms with E-state index in [4.69, 9.17) is 5.11 Å². The maximum Gasteiger partial charge on any atom is 0.307 e. The van der Waals surface area contributed by atoms with Crippen LogP contribution in [0.4, 0.5) is 13.2 Å². The molecule has 0 aliphatic heterocycles. The van der Waals surface area contributed by atoms with Crippen LogP contribution in [0.2, 0.25) is 0 Å². The highest BCUT2D eigenvalue weighted by atomic mass is 32.2. The van der Waals surface area contributed by atoms with Crippen LogP contribution in [-0.4, -0.2) is 25.5 Å². The predicted octanol–water partition coefficient (Wildman–Crippen LogP) is 1.49. The summed E-state index contributed by atoms with van der Waals surface area (Å²) in [5, 5.41) is 8.73. The lowest BCUT2D eigenvalue weighted by Gasteiger charge is -2.18. The van der Waals surface area contributed by atoms with Gasteiger partial charge in [-0.05, 0) is 6.92 Å². The van der Waals surface area contributed by atoms with Crippen molar-refractivity contribution in [3.05, 3.63) is 29.6 Å². The Morgan fingerprint density at radius 3 is 2.05 bits per heavy atom. The number of hydrogen-bond acceptors (Lipinski definition) is 3. The van der Waals surface area contributed by atoms with Crippen LogP contribution in [0.3, 0.4) is 0 Å². The number of carbonyl (C=O) groups is 1. The molecule has 0 aliphatic rings. The van der Waals surface area contributed by atoms with E-state index in [-0.39, 0.29) is 12.1 Å². The minimum Gasteiger partial charge on any atom is -0.481 e. The van der Waals surface area contributed by atoms with Gasteiger partial charge in [0, 0.05) is 18.2 Å². The quantitative estimate of drug-likeness (QED) is 0.863. The van der Waals surface area contributed by atoms with Crippen LogP contribution in [0, 0.1) is 23.4 Å². The molecular formula is C11H12F3NO4S. The smallest absolute Gasteiger partial charge is 0.307 e. The van der Waals surface area contributed by atoms with E-state index in [1.54, 1.807) is 0 Å². The van der Waals surface area contributed by atoms with E-state index in [2.05, 4.69) is 0 Å². The molecule has 0 heterocycles. The highest BCUT2D eigenvalue weighted by Crippen LogP contribution is 2.21. The molecule has 0 spiro atoms. The van der Waals surface area contributed by atoms with Crippen molar-refractivity contribution in [2.45, 2.75) is 24.8 Å². The summed E-state index contributed by atoms with van der Waals surface area (Å²) < 4.78 is 65.0. The van der Waals surface area contributed by atoms with Crippen LogP contribution in [0.1, 0.15) is 13.8 Å². The van der Waals surface area contributed by atoms with E-state index in [0.717, 1.165) is 0 Å². The van der Waals surface area contributed by atoms with Crippen molar-refractivity contribution < 1.29 is 31.5 Å². The van der Waals surface area contributed by atoms with Crippen molar-refractivity contribution in [1.82, 2.24) is 4.72 Å². The summed E-state index contributed by atoms with van der Waals surface area (Å²) in [5.74, 6) is -6.84. The van der Waals surface area contributed by atoms with Gasteiger partial charge in [0.25, 0.3) is 0 Å². The fourth-order valence-corrected chi connectivity index (χ4v) is 2.85. The zero-order valence-electron chi connectivity index (χ0n) is 10.5. The van der Waals surface area contributed by atoms with Gasteiger partial charge in [0.2, 0.25) is 10.0 Å². The Morgan fingerprint density at radius 2 is 1.65 bits per heavy atom. The van der Waals surface area contributed by atoms with Gasteiger partial charge in [-0.2, -0.15) is 0 Å². The predicted molar refractivity (Wildman–Crippen MR) is 62.9 cm³/mol. The number of nitrogens with one attached hydrogen (secondary N) is 1. The number of carboxylic acid groups (broad SMARTS) is 1. The lowest BCUT2D eigenvalue weighted by Crippen LogP contribution is -2.40. The Bertz CT molecular complexity index is 610. The first-order valence-corrected chi connectivity index (χ1v) is 6.94. The molecule has 0 bridgehead atoms. The van der Waals surface area contributed by atoms with E-state index in [1.807, 2.05) is 4.72 Å². The average Bonchev–Trinajstić information content (AvgIpc) is 2.24. The summed E-state index contributed by atoms with van der Waals surface area (Å²) in [4.78, 5) is 9.36. The fourth-order valence-electron chi connectivity index (χ4n) is 1.41. The minimum absolute atomic E-state index is 0.225. The lowest BCUT2D eigenvalue weighted by molar-refractivity contribution is -0.141. The molecule has 1 aromatic carbocycles. The first kappa shape index (κ1) is 16.4. The summed E-state index contributed by atoms with van der Waals surface area (Å²) in [6.45, 7) is 2.46. The molecule has 2 unspecified atom stereocenters. The molecule has 9 heteroatoms. The molecule has 20 heavy (non-hydrogen) atoms. The third-order valence-electron chi connectivity index (χ3n) is 2.71. The summed E-state index contributed by atoms with van der Waals surface area (Å²) in [5.41, 5.74) is 0. The largest absolute Gasteiger partial charge is 0.481 e. The van der Waals surface area contributed by atoms with Gasteiger partial charge in [-0.1, -0.05) is 6.92 Å². The number of hydrogen-bond donors (Lipinski definition) is 2. The van der Waals surface area contributed by atoms with Gasteiger partial charge in [-0.25, -0.2) is 26.3 Å². The molecule has 0 fully saturated rings. The van der Waals surface area contributed by atoms with Gasteiger partial charge in [0.1, 0.15) is 17.5 Å². The van der Waals surface area contributed by atoms with Crippen molar-refractivity contribution in [2.75, 3.05) is 0 Å². The number of benzene rings is 1. The molecule has 0 radical (unpaired) electrons. The highest BCUT2D eigenvalue weighted by molar-refractivity contribution is 7.89. The van der Waals surface area contributed by atoms with Crippen molar-refractivity contribution in [3.8, 4) is 0 Å². The van der Waals surface area contributed by atoms with Crippen molar-refractivity contribution in [2.24, 2.45) is 5.92 Å². The van der Waals surface area contributed by atoms with Crippen molar-refractivity contribution in [1.29, 1.82) is 0 Å². The Labute approximate surface area is 113 Å². The molecule has 1 aromatic rings. The summed E-state index contributed by atoms with van der Waals surface area (Å²) in [6.07, 6.45) is 0. The molecule has 0 amide bonds. The Kier molecular flexibility index (Phi) is 4.77. The molecule has 0 aliphatic carbocycles. The SMILES string of the molecule is CC(NS(=O)(=O)c1c(F)cc(F)cc1F)C(C)C(=O)O. The van der Waals surface area contributed by atoms with E-state index >= 15 is 0 Å². The fraction of sp³-hybridized carbons (Fsp3) is 0.364. The first-order chi connectivity index (χ1) is 9.06. The number of carboxylic acids is 1. The van der Waals surface area contributed by atoms with Crippen LogP contribution in [0.5, 0.6) is 0 Å². The lowest BCUT2D eigenvalue weighted by atomic mass is 10.1. The number of aliphatic carboxylic acids is 1. The van der Waals surface area contributed by atoms with Crippen LogP contribution in [0.25, 0.3) is 0 Å². The van der Waals surface area contributed by atoms with Crippen LogP contribution < -0.4 is 4.72 Å². The Morgan fingerprint density at radius 1 is 1.20 bits per heavy atom. The third-order valence-corrected chi connectivity index (χ3v) is 4.32. The van der Waals surface area contributed by atoms with Crippen LogP contribution in [0.15, 0.2) is 17.0 Å². The van der Waals surface area contributed by atoms with Crippen molar-refractivity contribution in [3.63, 3.8) is 0 Å². The second kappa shape index (κ2) is 5.80. The molecule has 112 valence electrons. The average molecular weight is 311 g/mol. The zero-order chi connectivity index (χ0) is 15.7. The van der Waals surface area contributed by atoms with Gasteiger partial charge in [0.15, 0.2) is 4.90 Å². The van der Waals surface area contributed by atoms with Crippen LogP contribution >= 0.6 is 0 Å². The molecule has 2 atom stereocenters. The molecular weight excluding hydrogens is 299 g/mol. The van der Waals surface area contributed by atoms with E-state index in [0.29, 0.717) is 0 Å². The Hall–Kier alpha value is -1.61. The molecule has 0 saturated heterocycles.